The Bertz CT molecular complexity index is 459. The van der Waals surface area contributed by atoms with Crippen molar-refractivity contribution >= 4 is 11.6 Å². The molecule has 1 aromatic rings. The van der Waals surface area contributed by atoms with Gasteiger partial charge in [-0.2, -0.15) is 8.78 Å². The van der Waals surface area contributed by atoms with Gasteiger partial charge in [-0.15, -0.1) is 0 Å². The van der Waals surface area contributed by atoms with Crippen LogP contribution in [0.25, 0.3) is 0 Å². The fraction of sp³-hybridized carbons (Fsp3) is 0.533. The SMILES string of the molecule is CC(Nc1ccc(OC(F)F)cc1)C(=O)N1CCCCC1. The van der Waals surface area contributed by atoms with Gasteiger partial charge in [-0.25, -0.2) is 0 Å². The molecule has 1 aromatic carbocycles. The minimum absolute atomic E-state index is 0.0719. The number of nitrogens with zero attached hydrogens (tertiary/aromatic N) is 1. The van der Waals surface area contributed by atoms with Crippen molar-refractivity contribution in [1.82, 2.24) is 4.90 Å². The molecule has 1 N–H and O–H groups in total. The molecular formula is C15H20F2N2O2. The first-order valence-electron chi connectivity index (χ1n) is 7.16. The highest BCUT2D eigenvalue weighted by Crippen LogP contribution is 2.19. The first-order valence-corrected chi connectivity index (χ1v) is 7.16. The van der Waals surface area contributed by atoms with E-state index in [-0.39, 0.29) is 17.7 Å². The van der Waals surface area contributed by atoms with Gasteiger partial charge in [-0.3, -0.25) is 4.79 Å². The maximum atomic E-state index is 12.3. The van der Waals surface area contributed by atoms with E-state index in [0.717, 1.165) is 25.9 Å². The van der Waals surface area contributed by atoms with Crippen LogP contribution in [0.15, 0.2) is 24.3 Å². The second-order valence-corrected chi connectivity index (χ2v) is 5.15. The summed E-state index contributed by atoms with van der Waals surface area (Å²) in [5, 5.41) is 3.09. The average Bonchev–Trinajstić information content (AvgIpc) is 2.49. The lowest BCUT2D eigenvalue weighted by molar-refractivity contribution is -0.132. The lowest BCUT2D eigenvalue weighted by Crippen LogP contribution is -2.43. The molecule has 0 spiro atoms. The summed E-state index contributed by atoms with van der Waals surface area (Å²) >= 11 is 0. The molecule has 21 heavy (non-hydrogen) atoms. The maximum absolute atomic E-state index is 12.3. The fourth-order valence-electron chi connectivity index (χ4n) is 2.43. The van der Waals surface area contributed by atoms with E-state index < -0.39 is 6.61 Å². The zero-order valence-corrected chi connectivity index (χ0v) is 12.0. The summed E-state index contributed by atoms with van der Waals surface area (Å²) in [6.45, 7) is 0.599. The monoisotopic (exact) mass is 298 g/mol. The van der Waals surface area contributed by atoms with Crippen LogP contribution in [-0.2, 0) is 4.79 Å². The van der Waals surface area contributed by atoms with Crippen LogP contribution < -0.4 is 10.1 Å². The number of ether oxygens (including phenoxy) is 1. The van der Waals surface area contributed by atoms with Gasteiger partial charge in [0.25, 0.3) is 0 Å². The van der Waals surface area contributed by atoms with Crippen molar-refractivity contribution < 1.29 is 18.3 Å². The predicted molar refractivity (Wildman–Crippen MR) is 76.6 cm³/mol. The standard InChI is InChI=1S/C15H20F2N2O2/c1-11(14(20)19-9-3-2-4-10-19)18-12-5-7-13(8-6-12)21-15(16)17/h5-8,11,15,18H,2-4,9-10H2,1H3. The molecule has 1 fully saturated rings. The van der Waals surface area contributed by atoms with Crippen molar-refractivity contribution in [3.63, 3.8) is 0 Å². The van der Waals surface area contributed by atoms with Gasteiger partial charge in [0, 0.05) is 18.8 Å². The van der Waals surface area contributed by atoms with Gasteiger partial charge >= 0.3 is 6.61 Å². The van der Waals surface area contributed by atoms with Crippen molar-refractivity contribution in [2.45, 2.75) is 38.8 Å². The lowest BCUT2D eigenvalue weighted by atomic mass is 10.1. The highest BCUT2D eigenvalue weighted by Gasteiger charge is 2.21. The van der Waals surface area contributed by atoms with Gasteiger partial charge in [-0.05, 0) is 50.5 Å². The van der Waals surface area contributed by atoms with E-state index in [2.05, 4.69) is 10.1 Å². The van der Waals surface area contributed by atoms with E-state index in [1.165, 1.54) is 18.6 Å². The molecular weight excluding hydrogens is 278 g/mol. The number of anilines is 1. The van der Waals surface area contributed by atoms with Crippen molar-refractivity contribution in [2.75, 3.05) is 18.4 Å². The lowest BCUT2D eigenvalue weighted by Gasteiger charge is -2.29. The average molecular weight is 298 g/mol. The van der Waals surface area contributed by atoms with Crippen LogP contribution in [0.5, 0.6) is 5.75 Å². The van der Waals surface area contributed by atoms with Crippen LogP contribution in [0, 0.1) is 0 Å². The molecule has 0 bridgehead atoms. The van der Waals surface area contributed by atoms with Crippen molar-refractivity contribution in [3.05, 3.63) is 24.3 Å². The molecule has 1 atom stereocenters. The van der Waals surface area contributed by atoms with Crippen LogP contribution in [0.2, 0.25) is 0 Å². The second-order valence-electron chi connectivity index (χ2n) is 5.15. The maximum Gasteiger partial charge on any atom is 0.387 e. The highest BCUT2D eigenvalue weighted by molar-refractivity contribution is 5.84. The number of carbonyl (C=O) groups is 1. The van der Waals surface area contributed by atoms with E-state index in [9.17, 15) is 13.6 Å². The van der Waals surface area contributed by atoms with Crippen molar-refractivity contribution in [2.24, 2.45) is 0 Å². The molecule has 6 heteroatoms. The van der Waals surface area contributed by atoms with Crippen molar-refractivity contribution in [3.8, 4) is 5.75 Å². The van der Waals surface area contributed by atoms with E-state index in [4.69, 9.17) is 0 Å². The summed E-state index contributed by atoms with van der Waals surface area (Å²) in [6.07, 6.45) is 3.29. The summed E-state index contributed by atoms with van der Waals surface area (Å²) in [6, 6.07) is 5.80. The minimum Gasteiger partial charge on any atom is -0.435 e. The molecule has 1 aliphatic heterocycles. The van der Waals surface area contributed by atoms with E-state index in [1.807, 2.05) is 4.90 Å². The third-order valence-electron chi connectivity index (χ3n) is 3.50. The number of carbonyl (C=O) groups excluding carboxylic acids is 1. The number of alkyl halides is 2. The number of hydrogen-bond acceptors (Lipinski definition) is 3. The Morgan fingerprint density at radius 3 is 2.38 bits per heavy atom. The fourth-order valence-corrected chi connectivity index (χ4v) is 2.43. The molecule has 2 rings (SSSR count). The highest BCUT2D eigenvalue weighted by atomic mass is 19.3. The Kier molecular flexibility index (Phi) is 5.36. The normalized spacial score (nSPS) is 16.7. The molecule has 1 aliphatic rings. The number of hydrogen-bond donors (Lipinski definition) is 1. The number of benzene rings is 1. The third-order valence-corrected chi connectivity index (χ3v) is 3.50. The Balaban J connectivity index is 1.89. The van der Waals surface area contributed by atoms with Gasteiger partial charge in [0.15, 0.2) is 0 Å². The zero-order valence-electron chi connectivity index (χ0n) is 12.0. The predicted octanol–water partition coefficient (Wildman–Crippen LogP) is 3.10. The summed E-state index contributed by atoms with van der Waals surface area (Å²) in [5.74, 6) is 0.174. The molecule has 1 heterocycles. The zero-order chi connectivity index (χ0) is 15.2. The summed E-state index contributed by atoms with van der Waals surface area (Å²) < 4.78 is 28.4. The number of nitrogens with one attached hydrogen (secondary N) is 1. The summed E-state index contributed by atoms with van der Waals surface area (Å²) in [5.41, 5.74) is 0.703. The van der Waals surface area contributed by atoms with Gasteiger partial charge in [-0.1, -0.05) is 0 Å². The van der Waals surface area contributed by atoms with Crippen LogP contribution in [0.4, 0.5) is 14.5 Å². The van der Waals surface area contributed by atoms with Crippen LogP contribution in [-0.4, -0.2) is 36.5 Å². The Morgan fingerprint density at radius 1 is 1.19 bits per heavy atom. The molecule has 0 saturated carbocycles. The van der Waals surface area contributed by atoms with Gasteiger partial charge in [0.2, 0.25) is 5.91 Å². The summed E-state index contributed by atoms with van der Waals surface area (Å²) in [7, 11) is 0. The summed E-state index contributed by atoms with van der Waals surface area (Å²) in [4.78, 5) is 14.1. The number of amides is 1. The molecule has 4 nitrogen and oxygen atoms in total. The van der Waals surface area contributed by atoms with E-state index >= 15 is 0 Å². The van der Waals surface area contributed by atoms with Gasteiger partial charge in [0.05, 0.1) is 0 Å². The first-order chi connectivity index (χ1) is 10.1. The Hall–Kier alpha value is -1.85. The number of rotatable bonds is 5. The molecule has 116 valence electrons. The Labute approximate surface area is 123 Å². The molecule has 0 aliphatic carbocycles. The van der Waals surface area contributed by atoms with Crippen LogP contribution >= 0.6 is 0 Å². The Morgan fingerprint density at radius 2 is 1.81 bits per heavy atom. The quantitative estimate of drug-likeness (QED) is 0.908. The van der Waals surface area contributed by atoms with E-state index in [0.29, 0.717) is 5.69 Å². The molecule has 1 saturated heterocycles. The number of piperidine rings is 1. The number of halogens is 2. The molecule has 0 aromatic heterocycles. The van der Waals surface area contributed by atoms with Crippen molar-refractivity contribution in [1.29, 1.82) is 0 Å². The van der Waals surface area contributed by atoms with Gasteiger partial charge < -0.3 is 15.0 Å². The smallest absolute Gasteiger partial charge is 0.387 e. The largest absolute Gasteiger partial charge is 0.435 e. The van der Waals surface area contributed by atoms with Crippen LogP contribution in [0.1, 0.15) is 26.2 Å². The topological polar surface area (TPSA) is 41.6 Å². The number of likely N-dealkylation sites (tertiary alicyclic amines) is 1. The van der Waals surface area contributed by atoms with Crippen LogP contribution in [0.3, 0.4) is 0 Å². The second kappa shape index (κ2) is 7.24. The molecule has 1 amide bonds. The minimum atomic E-state index is -2.83. The third kappa shape index (κ3) is 4.58. The first kappa shape index (κ1) is 15.5. The van der Waals surface area contributed by atoms with E-state index in [1.54, 1.807) is 19.1 Å². The molecule has 1 unspecified atom stereocenters. The van der Waals surface area contributed by atoms with Gasteiger partial charge in [0.1, 0.15) is 11.8 Å². The molecule has 0 radical (unpaired) electrons.